The lowest BCUT2D eigenvalue weighted by molar-refractivity contribution is 0.635. The maximum Gasteiger partial charge on any atom is 0.165 e. The highest BCUT2D eigenvalue weighted by molar-refractivity contribution is 7.25. The van der Waals surface area contributed by atoms with E-state index in [1.807, 2.05) is 11.3 Å². The van der Waals surface area contributed by atoms with E-state index >= 15 is 0 Å². The third kappa shape index (κ3) is 4.10. The molecule has 3 nitrogen and oxygen atoms in total. The van der Waals surface area contributed by atoms with Gasteiger partial charge < -0.3 is 0 Å². The summed E-state index contributed by atoms with van der Waals surface area (Å²) in [5.41, 5.74) is 8.32. The van der Waals surface area contributed by atoms with Gasteiger partial charge >= 0.3 is 0 Å². The maximum absolute atomic E-state index is 5.84. The van der Waals surface area contributed by atoms with E-state index in [4.69, 9.17) is 9.97 Å². The molecule has 0 aliphatic heterocycles. The quantitative estimate of drug-likeness (QED) is 0.165. The smallest absolute Gasteiger partial charge is 0.165 e. The van der Waals surface area contributed by atoms with Gasteiger partial charge in [-0.05, 0) is 62.1 Å². The summed E-state index contributed by atoms with van der Waals surface area (Å²) >= 11 is 1.85. The second-order valence-electron chi connectivity index (χ2n) is 16.1. The molecule has 9 aromatic carbocycles. The molecule has 3 heterocycles. The third-order valence-electron chi connectivity index (χ3n) is 12.7. The summed E-state index contributed by atoms with van der Waals surface area (Å²) < 4.78 is 5.02. The third-order valence-corrected chi connectivity index (χ3v) is 13.9. The van der Waals surface area contributed by atoms with Crippen molar-refractivity contribution < 1.29 is 0 Å². The average molecular weight is 744 g/mol. The summed E-state index contributed by atoms with van der Waals surface area (Å²) in [4.78, 5) is 11.6. The molecule has 12 aromatic rings. The first kappa shape index (κ1) is 31.3. The summed E-state index contributed by atoms with van der Waals surface area (Å²) in [5.74, 6) is 0.848. The van der Waals surface area contributed by atoms with E-state index in [0.717, 1.165) is 45.1 Å². The first-order valence-electron chi connectivity index (χ1n) is 19.7. The number of benzene rings is 9. The summed E-state index contributed by atoms with van der Waals surface area (Å²) in [7, 11) is 0. The minimum Gasteiger partial charge on any atom is -0.291 e. The van der Waals surface area contributed by atoms with Crippen molar-refractivity contribution in [3.8, 4) is 28.3 Å². The lowest BCUT2D eigenvalue weighted by atomic mass is 9.85. The number of nitrogens with zero attached hydrogens (tertiary/aromatic N) is 3. The Bertz CT molecular complexity index is 3700. The first-order valence-corrected chi connectivity index (χ1v) is 20.5. The fourth-order valence-electron chi connectivity index (χ4n) is 10.1. The fourth-order valence-corrected chi connectivity index (χ4v) is 11.2. The molecule has 1 aliphatic rings. The van der Waals surface area contributed by atoms with Crippen molar-refractivity contribution in [2.75, 3.05) is 0 Å². The van der Waals surface area contributed by atoms with Crippen LogP contribution in [0.15, 0.2) is 164 Å². The molecule has 0 N–H and O–H groups in total. The van der Waals surface area contributed by atoms with Crippen LogP contribution in [-0.4, -0.2) is 14.5 Å². The number of aromatic nitrogens is 3. The molecule has 0 radical (unpaired) electrons. The van der Waals surface area contributed by atoms with Gasteiger partial charge in [-0.2, -0.15) is 0 Å². The van der Waals surface area contributed by atoms with Gasteiger partial charge in [-0.15, -0.1) is 11.3 Å². The van der Waals surface area contributed by atoms with E-state index in [-0.39, 0.29) is 5.41 Å². The van der Waals surface area contributed by atoms with Gasteiger partial charge in [0.2, 0.25) is 0 Å². The Morgan fingerprint density at radius 2 is 1.11 bits per heavy atom. The van der Waals surface area contributed by atoms with Gasteiger partial charge in [-0.1, -0.05) is 153 Å². The van der Waals surface area contributed by atoms with Gasteiger partial charge in [0.15, 0.2) is 5.82 Å². The Balaban J connectivity index is 1.25. The van der Waals surface area contributed by atoms with Gasteiger partial charge in [0, 0.05) is 58.3 Å². The first-order chi connectivity index (χ1) is 28.0. The predicted molar refractivity (Wildman–Crippen MR) is 242 cm³/mol. The van der Waals surface area contributed by atoms with Crippen LogP contribution in [-0.2, 0) is 5.41 Å². The summed E-state index contributed by atoms with van der Waals surface area (Å²) in [6.07, 6.45) is 0. The van der Waals surface area contributed by atoms with Crippen molar-refractivity contribution in [3.05, 3.63) is 175 Å². The average Bonchev–Trinajstić information content (AvgIpc) is 3.88. The lowest BCUT2D eigenvalue weighted by Crippen LogP contribution is -2.18. The maximum atomic E-state index is 5.84. The number of thiophene rings is 1. The highest BCUT2D eigenvalue weighted by Gasteiger charge is 2.39. The summed E-state index contributed by atoms with van der Waals surface area (Å²) in [5, 5.41) is 15.0. The van der Waals surface area contributed by atoms with Crippen molar-refractivity contribution in [1.82, 2.24) is 14.5 Å². The van der Waals surface area contributed by atoms with E-state index in [1.165, 1.54) is 79.6 Å². The van der Waals surface area contributed by atoms with Crippen LogP contribution in [0.4, 0.5) is 0 Å². The van der Waals surface area contributed by atoms with E-state index in [0.29, 0.717) is 0 Å². The second-order valence-corrected chi connectivity index (χ2v) is 17.1. The minimum absolute atomic E-state index is 0.310. The van der Waals surface area contributed by atoms with Gasteiger partial charge in [-0.25, -0.2) is 9.97 Å². The van der Waals surface area contributed by atoms with E-state index in [2.05, 4.69) is 182 Å². The lowest BCUT2D eigenvalue weighted by Gasteiger charge is -2.22. The topological polar surface area (TPSA) is 30.7 Å². The molecule has 1 aliphatic carbocycles. The van der Waals surface area contributed by atoms with Crippen LogP contribution in [0, 0.1) is 0 Å². The van der Waals surface area contributed by atoms with Crippen LogP contribution in [0.2, 0.25) is 0 Å². The van der Waals surface area contributed by atoms with Crippen molar-refractivity contribution in [1.29, 1.82) is 0 Å². The molecule has 0 fully saturated rings. The van der Waals surface area contributed by atoms with Crippen LogP contribution < -0.4 is 0 Å². The van der Waals surface area contributed by atoms with Crippen LogP contribution in [0.1, 0.15) is 25.1 Å². The SMILES string of the molecule is CC1(C)c2ccccc2-c2nc(-n3c4ccc5c6ccccc6c6ccccc6c5c4c4ccc5ccccc5c43)c(-c3ccc4sc5ccccc5c4c3)nc21. The highest BCUT2D eigenvalue weighted by Crippen LogP contribution is 2.50. The molecule has 57 heavy (non-hydrogen) atoms. The summed E-state index contributed by atoms with van der Waals surface area (Å²) in [6.45, 7) is 4.59. The Labute approximate surface area is 332 Å². The molecule has 0 saturated heterocycles. The molecule has 0 bridgehead atoms. The molecular formula is C53H33N3S. The monoisotopic (exact) mass is 743 g/mol. The number of fused-ring (bicyclic) bond motifs is 18. The Morgan fingerprint density at radius 1 is 0.474 bits per heavy atom. The Hall–Kier alpha value is -6.88. The Morgan fingerprint density at radius 3 is 1.93 bits per heavy atom. The molecular weight excluding hydrogens is 711 g/mol. The number of rotatable bonds is 2. The zero-order valence-corrected chi connectivity index (χ0v) is 32.2. The molecule has 266 valence electrons. The van der Waals surface area contributed by atoms with E-state index < -0.39 is 0 Å². The van der Waals surface area contributed by atoms with Crippen molar-refractivity contribution >= 4 is 96.4 Å². The van der Waals surface area contributed by atoms with E-state index in [9.17, 15) is 0 Å². The van der Waals surface area contributed by atoms with Crippen molar-refractivity contribution in [2.45, 2.75) is 19.3 Å². The van der Waals surface area contributed by atoms with Crippen LogP contribution in [0.3, 0.4) is 0 Å². The predicted octanol–water partition coefficient (Wildman–Crippen LogP) is 14.5. The summed E-state index contributed by atoms with van der Waals surface area (Å²) in [6, 6.07) is 60.2. The zero-order chi connectivity index (χ0) is 37.6. The van der Waals surface area contributed by atoms with Gasteiger partial charge in [0.05, 0.1) is 22.4 Å². The molecule has 0 amide bonds. The van der Waals surface area contributed by atoms with Crippen molar-refractivity contribution in [3.63, 3.8) is 0 Å². The molecule has 0 atom stereocenters. The molecule has 0 spiro atoms. The van der Waals surface area contributed by atoms with Crippen LogP contribution in [0.25, 0.3) is 113 Å². The van der Waals surface area contributed by atoms with Gasteiger partial charge in [0.1, 0.15) is 5.69 Å². The van der Waals surface area contributed by atoms with Crippen molar-refractivity contribution in [2.24, 2.45) is 0 Å². The van der Waals surface area contributed by atoms with E-state index in [1.54, 1.807) is 0 Å². The van der Waals surface area contributed by atoms with Crippen LogP contribution >= 0.6 is 11.3 Å². The molecule has 0 unspecified atom stereocenters. The fraction of sp³-hybridized carbons (Fsp3) is 0.0566. The number of hydrogen-bond acceptors (Lipinski definition) is 3. The molecule has 13 rings (SSSR count). The second kappa shape index (κ2) is 11.1. The minimum atomic E-state index is -0.310. The van der Waals surface area contributed by atoms with Gasteiger partial charge in [0.25, 0.3) is 0 Å². The normalized spacial score (nSPS) is 13.6. The standard InChI is InChI=1S/C53H33N3S/c1-53(2)42-21-11-9-20-39(42)49-51(53)54-48(31-24-28-45-41(29-31)36-18-10-12-22-44(36)57-45)52(55-49)56-43-27-26-38-35-17-6-5-15-33(35)34-16-7-8-19-37(34)46(38)47(43)40-25-23-30-13-3-4-14-32(30)50(40)56/h3-29H,1-2H3. The number of hydrogen-bond donors (Lipinski definition) is 0. The molecule has 0 saturated carbocycles. The molecule has 3 aromatic heterocycles. The largest absolute Gasteiger partial charge is 0.291 e. The Kier molecular flexibility index (Phi) is 6.12. The van der Waals surface area contributed by atoms with Crippen LogP contribution in [0.5, 0.6) is 0 Å². The zero-order valence-electron chi connectivity index (χ0n) is 31.3. The van der Waals surface area contributed by atoms with Gasteiger partial charge in [-0.3, -0.25) is 4.57 Å². The highest BCUT2D eigenvalue weighted by atomic mass is 32.1. The molecule has 4 heteroatoms.